The number of aromatic carboxylic acids is 2. The number of Topliss-reactive ketones (excluding diaryl/α,β-unsaturated/α-hetero) is 1. The smallest absolute Gasteiger partial charge is 0.338 e. The number of hydrogen-bond acceptors (Lipinski definition) is 9. The van der Waals surface area contributed by atoms with Crippen LogP contribution in [0, 0.1) is 39.9 Å². The second-order valence-corrected chi connectivity index (χ2v) is 24.9. The van der Waals surface area contributed by atoms with E-state index in [9.17, 15) is 74.1 Å². The van der Waals surface area contributed by atoms with Gasteiger partial charge in [0.2, 0.25) is 5.60 Å². The minimum atomic E-state index is -3.29. The molecule has 0 aromatic heterocycles. The molecule has 498 valence electrons. The van der Waals surface area contributed by atoms with Crippen LogP contribution in [0.5, 0.6) is 0 Å². The average molecular weight is 1220 g/mol. The molecule has 8 N–H and O–H groups in total. The Morgan fingerprint density at radius 3 is 1.17 bits per heavy atom. The van der Waals surface area contributed by atoms with Gasteiger partial charge in [0.1, 0.15) is 5.41 Å². The molecule has 0 aliphatic heterocycles. The van der Waals surface area contributed by atoms with Crippen molar-refractivity contribution in [3.8, 4) is 0 Å². The number of carboxylic acids is 7. The third kappa shape index (κ3) is 26.1. The Bertz CT molecular complexity index is 2090. The average Bonchev–Trinajstić information content (AvgIpc) is 0.716. The number of unbranched alkanes of at least 4 members (excludes halogenated alkanes) is 11. The number of aliphatic carboxylic acids is 5. The summed E-state index contributed by atoms with van der Waals surface area (Å²) in [6.45, 7) is 23.7. The Hall–Kier alpha value is -4.86. The van der Waals surface area contributed by atoms with Crippen molar-refractivity contribution < 1.29 is 79.2 Å². The van der Waals surface area contributed by atoms with Gasteiger partial charge in [-0.2, -0.15) is 0 Å². The first kappa shape index (κ1) is 83.2. The minimum Gasteiger partial charge on any atom is -0.481 e. The lowest BCUT2D eigenvalue weighted by atomic mass is 9.52. The number of hydrogen-bond donors (Lipinski definition) is 8. The second-order valence-electron chi connectivity index (χ2n) is 24.9. The van der Waals surface area contributed by atoms with E-state index < -0.39 is 75.8 Å². The zero-order chi connectivity index (χ0) is 66.1. The van der Waals surface area contributed by atoms with Gasteiger partial charge in [-0.25, -0.2) is 14.4 Å². The van der Waals surface area contributed by atoms with Crippen molar-refractivity contribution in [2.45, 2.75) is 320 Å². The highest BCUT2D eigenvalue weighted by Gasteiger charge is 2.74. The van der Waals surface area contributed by atoms with Crippen molar-refractivity contribution >= 4 is 47.6 Å². The molecule has 6 unspecified atom stereocenters. The number of benzene rings is 1. The molecule has 0 heterocycles. The lowest BCUT2D eigenvalue weighted by molar-refractivity contribution is -0.223. The van der Waals surface area contributed by atoms with Gasteiger partial charge in [0.15, 0.2) is 11.2 Å². The number of rotatable bonds is 50. The van der Waals surface area contributed by atoms with E-state index in [-0.39, 0.29) is 49.7 Å². The highest BCUT2D eigenvalue weighted by Crippen LogP contribution is 2.54. The van der Waals surface area contributed by atoms with Crippen molar-refractivity contribution in [1.29, 1.82) is 0 Å². The molecule has 0 saturated carbocycles. The molecule has 1 aromatic carbocycles. The summed E-state index contributed by atoms with van der Waals surface area (Å²) >= 11 is 0. The molecule has 86 heavy (non-hydrogen) atoms. The highest BCUT2D eigenvalue weighted by atomic mass is 16.4. The maximum atomic E-state index is 12.6. The summed E-state index contributed by atoms with van der Waals surface area (Å²) in [5.74, 6) is -8.16. The molecule has 6 atom stereocenters. The van der Waals surface area contributed by atoms with E-state index in [1.807, 2.05) is 6.07 Å². The van der Waals surface area contributed by atoms with Crippen molar-refractivity contribution in [1.82, 2.24) is 0 Å². The highest BCUT2D eigenvalue weighted by molar-refractivity contribution is 6.10. The van der Waals surface area contributed by atoms with Gasteiger partial charge in [-0.15, -0.1) is 0 Å². The molecule has 0 aliphatic carbocycles. The molecule has 16 nitrogen and oxygen atoms in total. The number of ketones is 1. The lowest BCUT2D eigenvalue weighted by Crippen LogP contribution is -2.71. The van der Waals surface area contributed by atoms with Crippen LogP contribution < -0.4 is 0 Å². The number of aliphatic hydroxyl groups is 1. The summed E-state index contributed by atoms with van der Waals surface area (Å²) in [7, 11) is 0. The summed E-state index contributed by atoms with van der Waals surface area (Å²) in [6.07, 6.45) is 27.8. The Kier molecular flexibility index (Phi) is 43.9. The van der Waals surface area contributed by atoms with Gasteiger partial charge >= 0.3 is 41.8 Å². The van der Waals surface area contributed by atoms with Crippen LogP contribution in [0.15, 0.2) is 12.1 Å². The van der Waals surface area contributed by atoms with Gasteiger partial charge in [-0.1, -0.05) is 249 Å². The molecular formula is C70H122O16. The Labute approximate surface area is 518 Å². The zero-order valence-corrected chi connectivity index (χ0v) is 55.8. The van der Waals surface area contributed by atoms with Crippen LogP contribution in [0.4, 0.5) is 0 Å². The largest absolute Gasteiger partial charge is 0.481 e. The topological polar surface area (TPSA) is 298 Å². The molecule has 0 amide bonds. The number of carboxylic acid groups (broad SMARTS) is 7. The maximum absolute atomic E-state index is 12.6. The summed E-state index contributed by atoms with van der Waals surface area (Å²) in [6, 6.07) is 3.36. The lowest BCUT2D eigenvalue weighted by Gasteiger charge is -2.50. The first-order chi connectivity index (χ1) is 40.7. The molecule has 0 saturated heterocycles. The van der Waals surface area contributed by atoms with Crippen molar-refractivity contribution in [3.05, 3.63) is 34.4 Å². The summed E-state index contributed by atoms with van der Waals surface area (Å²) in [4.78, 5) is 96.7. The molecule has 16 heteroatoms. The first-order valence-corrected chi connectivity index (χ1v) is 33.7. The monoisotopic (exact) mass is 1220 g/mol. The van der Waals surface area contributed by atoms with Crippen LogP contribution in [-0.4, -0.2) is 94.0 Å². The van der Waals surface area contributed by atoms with Crippen molar-refractivity contribution in [2.75, 3.05) is 0 Å². The van der Waals surface area contributed by atoms with Crippen LogP contribution in [0.1, 0.15) is 333 Å². The summed E-state index contributed by atoms with van der Waals surface area (Å²) in [5, 5.41) is 80.1. The second kappa shape index (κ2) is 45.4. The van der Waals surface area contributed by atoms with Crippen molar-refractivity contribution in [2.24, 2.45) is 39.9 Å². The Balaban J connectivity index is 0. The van der Waals surface area contributed by atoms with Crippen LogP contribution in [0.25, 0.3) is 0 Å². The quantitative estimate of drug-likeness (QED) is 0.0222. The van der Waals surface area contributed by atoms with Gasteiger partial charge < -0.3 is 40.9 Å². The molecule has 1 rings (SSSR count). The molecule has 0 bridgehead atoms. The Morgan fingerprint density at radius 2 is 0.826 bits per heavy atom. The van der Waals surface area contributed by atoms with Gasteiger partial charge in [0.05, 0.1) is 16.5 Å². The standard InChI is InChI=1S/C26H50O4.C24H38O4.C20H34O8/c1-5-9-16-22(7-3)20-26(25(29)30,21-23(8-4)17-10-6-2)19-15-13-11-12-14-18-24(27)28;1-5-9-11-17(7-3)15-19-13-14-20(23(25)26)22(24(27)28)21(19)16-18(8-4)12-10-6-2;1-5-8-11-18(15(22)23,12-9-6-2)20(28,17(26)27)19(14(4)21,16(24)25)13-10-7-3/h22-23H,5-21H2,1-4H3,(H,27,28)(H,29,30);13-14,17-18H,5-12,15-16H2,1-4H3,(H,25,26)(H,27,28);28H,5-13H2,1-4H3,(H,22,23)(H,24,25)(H,26,27). The number of carbonyl (C=O) groups excluding carboxylic acids is 1. The third-order valence-corrected chi connectivity index (χ3v) is 18.7. The van der Waals surface area contributed by atoms with Gasteiger partial charge in [-0.3, -0.25) is 24.0 Å². The minimum absolute atomic E-state index is 0.00490. The van der Waals surface area contributed by atoms with Crippen LogP contribution in [-0.2, 0) is 41.6 Å². The summed E-state index contributed by atoms with van der Waals surface area (Å²) < 4.78 is 0. The van der Waals surface area contributed by atoms with E-state index in [2.05, 4.69) is 55.4 Å². The van der Waals surface area contributed by atoms with Gasteiger partial charge in [-0.05, 0) is 106 Å². The van der Waals surface area contributed by atoms with E-state index in [4.69, 9.17) is 5.11 Å². The molecule has 0 spiro atoms. The third-order valence-electron chi connectivity index (χ3n) is 18.7. The van der Waals surface area contributed by atoms with E-state index in [1.54, 1.807) is 20.8 Å². The molecule has 0 radical (unpaired) electrons. The Morgan fingerprint density at radius 1 is 0.419 bits per heavy atom. The summed E-state index contributed by atoms with van der Waals surface area (Å²) in [5.41, 5.74) is -7.24. The van der Waals surface area contributed by atoms with Crippen molar-refractivity contribution in [3.63, 3.8) is 0 Å². The molecule has 0 aliphatic rings. The molecule has 0 fully saturated rings. The zero-order valence-electron chi connectivity index (χ0n) is 55.8. The van der Waals surface area contributed by atoms with Gasteiger partial charge in [0.25, 0.3) is 0 Å². The SMILES string of the molecule is CCCCC(CC)CC(CCCCCCCC(=O)O)(CC(CC)CCCC)C(=O)O.CCCCC(CC)Cc1ccc(C(=O)O)c(C(=O)O)c1CC(CC)CCCC.CCCCC(CCCC)(C(=O)O)C(O)(C(=O)O)C(CCCC)(C(C)=O)C(=O)O. The van der Waals surface area contributed by atoms with Crippen LogP contribution >= 0.6 is 0 Å². The van der Waals surface area contributed by atoms with E-state index >= 15 is 0 Å². The fraction of sp³-hybridized carbons (Fsp3) is 0.800. The van der Waals surface area contributed by atoms with Crippen LogP contribution in [0.3, 0.4) is 0 Å². The molecule has 1 aromatic rings. The number of carbonyl (C=O) groups is 8. The van der Waals surface area contributed by atoms with Crippen LogP contribution in [0.2, 0.25) is 0 Å². The maximum Gasteiger partial charge on any atom is 0.338 e. The van der Waals surface area contributed by atoms with Gasteiger partial charge in [0, 0.05) is 6.42 Å². The predicted molar refractivity (Wildman–Crippen MR) is 342 cm³/mol. The predicted octanol–water partition coefficient (Wildman–Crippen LogP) is 17.8. The van der Waals surface area contributed by atoms with E-state index in [0.29, 0.717) is 49.4 Å². The molecular weight excluding hydrogens is 1100 g/mol. The van der Waals surface area contributed by atoms with E-state index in [0.717, 1.165) is 146 Å². The first-order valence-electron chi connectivity index (χ1n) is 33.7. The fourth-order valence-corrected chi connectivity index (χ4v) is 12.9. The normalized spacial score (nSPS) is 14.9. The fourth-order valence-electron chi connectivity index (χ4n) is 12.9. The van der Waals surface area contributed by atoms with E-state index in [1.165, 1.54) is 38.2 Å².